The van der Waals surface area contributed by atoms with Crippen LogP contribution in [0.25, 0.3) is 0 Å². The van der Waals surface area contributed by atoms with Gasteiger partial charge in [0.1, 0.15) is 5.75 Å². The molecular formula is C24H33ClF4OSi. The van der Waals surface area contributed by atoms with Gasteiger partial charge in [0, 0.05) is 0 Å². The molecule has 1 atom stereocenters. The van der Waals surface area contributed by atoms with Crippen LogP contribution in [0, 0.1) is 5.92 Å². The van der Waals surface area contributed by atoms with Gasteiger partial charge < -0.3 is 4.74 Å². The molecule has 31 heavy (non-hydrogen) atoms. The molecule has 174 valence electrons. The zero-order valence-electron chi connectivity index (χ0n) is 18.2. The number of alkyl halides is 1. The summed E-state index contributed by atoms with van der Waals surface area (Å²) < 4.78 is 54.8. The summed E-state index contributed by atoms with van der Waals surface area (Å²) in [6.07, 6.45) is 6.72. The maximum atomic E-state index is 13.0. The van der Waals surface area contributed by atoms with E-state index >= 15 is 0 Å². The van der Waals surface area contributed by atoms with Gasteiger partial charge in [-0.3, -0.25) is 0 Å². The molecule has 2 aliphatic rings. The van der Waals surface area contributed by atoms with Crippen LogP contribution in [0.4, 0.5) is 17.6 Å². The molecule has 1 saturated heterocycles. The van der Waals surface area contributed by atoms with E-state index in [1.54, 1.807) is 19.1 Å². The normalized spacial score (nSPS) is 29.9. The van der Waals surface area contributed by atoms with E-state index in [1.807, 2.05) is 12.1 Å². The molecule has 1 aliphatic heterocycles. The Labute approximate surface area is 188 Å². The van der Waals surface area contributed by atoms with E-state index < -0.39 is 25.6 Å². The smallest absolute Gasteiger partial charge is 0.344 e. The van der Waals surface area contributed by atoms with Gasteiger partial charge >= 0.3 is 12.1 Å². The van der Waals surface area contributed by atoms with E-state index in [1.165, 1.54) is 25.7 Å². The van der Waals surface area contributed by atoms with E-state index in [0.717, 1.165) is 49.3 Å². The average molecular weight is 477 g/mol. The number of halogens is 5. The van der Waals surface area contributed by atoms with Crippen molar-refractivity contribution in [2.24, 2.45) is 5.92 Å². The Morgan fingerprint density at radius 3 is 2.19 bits per heavy atom. The summed E-state index contributed by atoms with van der Waals surface area (Å²) in [4.78, 5) is 0. The van der Waals surface area contributed by atoms with Gasteiger partial charge in [-0.05, 0) is 73.3 Å². The molecule has 1 heterocycles. The lowest BCUT2D eigenvalue weighted by molar-refractivity contribution is 0.241. The average Bonchev–Trinajstić information content (AvgIpc) is 2.75. The first-order chi connectivity index (χ1) is 14.8. The monoisotopic (exact) mass is 476 g/mol. The van der Waals surface area contributed by atoms with E-state index in [-0.39, 0.29) is 5.75 Å². The fraction of sp³-hybridized carbons (Fsp3) is 0.667. The van der Waals surface area contributed by atoms with Crippen LogP contribution in [0.3, 0.4) is 0 Å². The highest BCUT2D eigenvalue weighted by Crippen LogP contribution is 2.51. The molecule has 0 amide bonds. The predicted molar refractivity (Wildman–Crippen MR) is 121 cm³/mol. The summed E-state index contributed by atoms with van der Waals surface area (Å²) in [7, 11) is -1.79. The third-order valence-corrected chi connectivity index (χ3v) is 13.7. The number of benzene rings is 1. The molecule has 0 N–H and O–H groups in total. The van der Waals surface area contributed by atoms with Crippen molar-refractivity contribution in [3.05, 3.63) is 41.9 Å². The minimum atomic E-state index is -2.46. The van der Waals surface area contributed by atoms with Gasteiger partial charge in [0.25, 0.3) is 0 Å². The highest BCUT2D eigenvalue weighted by Gasteiger charge is 2.44. The fourth-order valence-electron chi connectivity index (χ4n) is 5.45. The Kier molecular flexibility index (Phi) is 8.91. The second-order valence-electron chi connectivity index (χ2n) is 9.44. The molecule has 1 aliphatic carbocycles. The summed E-state index contributed by atoms with van der Waals surface area (Å²) in [5.41, 5.74) is 1.82. The molecule has 2 fully saturated rings. The van der Waals surface area contributed by atoms with Gasteiger partial charge in [0.15, 0.2) is 7.38 Å². The molecule has 1 unspecified atom stereocenters. The zero-order valence-corrected chi connectivity index (χ0v) is 20.0. The molecule has 1 saturated carbocycles. The van der Waals surface area contributed by atoms with Crippen LogP contribution in [0.2, 0.25) is 17.6 Å². The van der Waals surface area contributed by atoms with Crippen LogP contribution in [0.15, 0.2) is 36.4 Å². The molecule has 0 bridgehead atoms. The topological polar surface area (TPSA) is 9.23 Å². The lowest BCUT2D eigenvalue weighted by Crippen LogP contribution is -2.39. The van der Waals surface area contributed by atoms with Crippen molar-refractivity contribution in [1.29, 1.82) is 0 Å². The number of hydrogen-bond donors (Lipinski definition) is 0. The minimum Gasteiger partial charge on any atom is -0.428 e. The highest BCUT2D eigenvalue weighted by atomic mass is 35.6. The number of hydrogen-bond acceptors (Lipinski definition) is 1. The second-order valence-corrected chi connectivity index (χ2v) is 15.6. The van der Waals surface area contributed by atoms with Crippen LogP contribution in [0.1, 0.15) is 76.2 Å². The van der Waals surface area contributed by atoms with Crippen LogP contribution >= 0.6 is 11.1 Å². The maximum Gasteiger partial charge on any atom is 0.344 e. The van der Waals surface area contributed by atoms with E-state index in [0.29, 0.717) is 17.9 Å². The van der Waals surface area contributed by atoms with Gasteiger partial charge in [-0.25, -0.2) is 4.39 Å². The lowest BCUT2D eigenvalue weighted by Gasteiger charge is -2.42. The Hall–Kier alpha value is -1.01. The van der Waals surface area contributed by atoms with Crippen molar-refractivity contribution in [2.75, 3.05) is 0 Å². The molecule has 1 nitrogen and oxygen atoms in total. The van der Waals surface area contributed by atoms with Crippen molar-refractivity contribution < 1.29 is 22.3 Å². The summed E-state index contributed by atoms with van der Waals surface area (Å²) in [6, 6.07) is 7.14. The van der Waals surface area contributed by atoms with Crippen molar-refractivity contribution in [1.82, 2.24) is 0 Å². The number of ether oxygens (including phenoxy) is 1. The molecule has 3 rings (SSSR count). The molecule has 0 aromatic heterocycles. The predicted octanol–water partition coefficient (Wildman–Crippen LogP) is 9.25. The molecule has 0 radical (unpaired) electrons. The van der Waals surface area contributed by atoms with Crippen molar-refractivity contribution in [3.8, 4) is 5.75 Å². The van der Waals surface area contributed by atoms with Crippen LogP contribution in [0.5, 0.6) is 5.75 Å². The van der Waals surface area contributed by atoms with Crippen LogP contribution < -0.4 is 4.74 Å². The second kappa shape index (κ2) is 11.2. The Balaban J connectivity index is 1.46. The quantitative estimate of drug-likeness (QED) is 0.157. The van der Waals surface area contributed by atoms with Gasteiger partial charge in [-0.1, -0.05) is 50.7 Å². The van der Waals surface area contributed by atoms with Gasteiger partial charge in [-0.2, -0.15) is 24.3 Å². The van der Waals surface area contributed by atoms with E-state index in [4.69, 9.17) is 11.1 Å². The molecule has 0 spiro atoms. The first kappa shape index (κ1) is 24.6. The fourth-order valence-corrected chi connectivity index (χ4v) is 10.8. The zero-order chi connectivity index (χ0) is 22.4. The Morgan fingerprint density at radius 2 is 1.65 bits per heavy atom. The summed E-state index contributed by atoms with van der Waals surface area (Å²) in [5, 5.41) is 0. The third kappa shape index (κ3) is 6.98. The summed E-state index contributed by atoms with van der Waals surface area (Å²) in [5.74, 6) is 1.22. The maximum absolute atomic E-state index is 13.0. The van der Waals surface area contributed by atoms with Crippen LogP contribution in [-0.2, 0) is 0 Å². The van der Waals surface area contributed by atoms with Gasteiger partial charge in [0.2, 0.25) is 0 Å². The van der Waals surface area contributed by atoms with Crippen molar-refractivity contribution in [2.45, 2.75) is 94.4 Å². The first-order valence-electron chi connectivity index (χ1n) is 11.6. The minimum absolute atomic E-state index is 0.0728. The summed E-state index contributed by atoms with van der Waals surface area (Å²) in [6.45, 7) is 1.64. The summed E-state index contributed by atoms with van der Waals surface area (Å²) >= 11 is 7.26. The van der Waals surface area contributed by atoms with Crippen LogP contribution in [-0.4, -0.2) is 13.6 Å². The number of rotatable bonds is 8. The first-order valence-corrected chi connectivity index (χ1v) is 15.1. The molecule has 1 aromatic rings. The van der Waals surface area contributed by atoms with Gasteiger partial charge in [-0.15, -0.1) is 0 Å². The van der Waals surface area contributed by atoms with E-state index in [2.05, 4.69) is 4.74 Å². The Bertz CT molecular complexity index is 720. The van der Waals surface area contributed by atoms with Crippen molar-refractivity contribution >= 4 is 18.5 Å². The molecule has 7 heteroatoms. The van der Waals surface area contributed by atoms with Crippen molar-refractivity contribution in [3.63, 3.8) is 0 Å². The highest BCUT2D eigenvalue weighted by molar-refractivity contribution is 7.21. The largest absolute Gasteiger partial charge is 0.428 e. The third-order valence-electron chi connectivity index (χ3n) is 7.32. The van der Waals surface area contributed by atoms with Gasteiger partial charge in [0.05, 0.1) is 6.17 Å². The molecule has 1 aromatic carbocycles. The molecular weight excluding hydrogens is 444 g/mol. The lowest BCUT2D eigenvalue weighted by atomic mass is 9.85. The SMILES string of the molecule is CC(F)CCCC1CCC([Si]2(Cl)CCC(c3ccc(OC(F)=C(F)F)cc3)CC2)CC1. The Morgan fingerprint density at radius 1 is 1.03 bits per heavy atom. The standard InChI is InChI=1S/C24H33ClF4OSi/c1-17(26)3-2-4-18-5-11-22(12-6-18)31(25)15-13-20(14-16-31)19-7-9-21(10-8-19)30-24(29)23(27)28/h7-10,17-18,20,22H,2-6,11-16H2,1H3. The van der Waals surface area contributed by atoms with E-state index in [9.17, 15) is 17.6 Å².